The molecular weight excluding hydrogens is 330 g/mol. The molecule has 0 aromatic heterocycles. The molecule has 0 saturated heterocycles. The zero-order valence-electron chi connectivity index (χ0n) is 13.0. The second kappa shape index (κ2) is 8.93. The molecule has 1 amide bonds. The molecule has 0 aliphatic rings. The van der Waals surface area contributed by atoms with Gasteiger partial charge >= 0.3 is 5.97 Å². The number of phenolic OH excluding ortho intramolecular Hbond substituents is 1. The number of rotatable bonds is 7. The van der Waals surface area contributed by atoms with Crippen LogP contribution in [0.2, 0.25) is 5.02 Å². The van der Waals surface area contributed by atoms with Gasteiger partial charge in [0.1, 0.15) is 12.4 Å². The zero-order chi connectivity index (χ0) is 17.4. The van der Waals surface area contributed by atoms with Gasteiger partial charge in [0, 0.05) is 18.0 Å². The molecular formula is C18H18ClNO4. The predicted molar refractivity (Wildman–Crippen MR) is 90.9 cm³/mol. The van der Waals surface area contributed by atoms with Crippen molar-refractivity contribution in [2.24, 2.45) is 0 Å². The van der Waals surface area contributed by atoms with Crippen LogP contribution >= 0.6 is 11.6 Å². The van der Waals surface area contributed by atoms with Crippen molar-refractivity contribution < 1.29 is 19.4 Å². The highest BCUT2D eigenvalue weighted by molar-refractivity contribution is 6.30. The minimum atomic E-state index is -0.375. The summed E-state index contributed by atoms with van der Waals surface area (Å²) in [5.74, 6) is -0.789. The number of ether oxygens (including phenoxy) is 1. The SMILES string of the molecule is O=C(CCCNC(=O)c1ccccc1O)OCc1cccc(Cl)c1. The number of aromatic hydroxyl groups is 1. The van der Waals surface area contributed by atoms with E-state index in [1.807, 2.05) is 6.07 Å². The lowest BCUT2D eigenvalue weighted by atomic mass is 10.2. The third kappa shape index (κ3) is 5.59. The Morgan fingerprint density at radius 2 is 1.92 bits per heavy atom. The number of phenols is 1. The maximum absolute atomic E-state index is 11.9. The molecule has 0 saturated carbocycles. The van der Waals surface area contributed by atoms with E-state index < -0.39 is 0 Å². The standard InChI is InChI=1S/C18H18ClNO4/c19-14-6-3-5-13(11-14)12-24-17(22)9-4-10-20-18(23)15-7-1-2-8-16(15)21/h1-3,5-8,11,21H,4,9-10,12H2,(H,20,23). The van der Waals surface area contributed by atoms with Gasteiger partial charge in [0.05, 0.1) is 5.56 Å². The molecule has 2 N–H and O–H groups in total. The van der Waals surface area contributed by atoms with Gasteiger partial charge in [0.2, 0.25) is 0 Å². The molecule has 0 fully saturated rings. The van der Waals surface area contributed by atoms with Crippen LogP contribution in [0.15, 0.2) is 48.5 Å². The van der Waals surface area contributed by atoms with Crippen molar-refractivity contribution in [3.05, 3.63) is 64.7 Å². The number of benzene rings is 2. The smallest absolute Gasteiger partial charge is 0.306 e. The van der Waals surface area contributed by atoms with Crippen LogP contribution in [0.4, 0.5) is 0 Å². The first-order valence-corrected chi connectivity index (χ1v) is 7.90. The fraction of sp³-hybridized carbons (Fsp3) is 0.222. The minimum absolute atomic E-state index is 0.0732. The van der Waals surface area contributed by atoms with Crippen LogP contribution in [-0.2, 0) is 16.1 Å². The number of carbonyl (C=O) groups excluding carboxylic acids is 2. The lowest BCUT2D eigenvalue weighted by Crippen LogP contribution is -2.25. The Morgan fingerprint density at radius 1 is 1.12 bits per heavy atom. The van der Waals surface area contributed by atoms with E-state index in [1.54, 1.807) is 30.3 Å². The van der Waals surface area contributed by atoms with Crippen molar-refractivity contribution >= 4 is 23.5 Å². The molecule has 6 heteroatoms. The topological polar surface area (TPSA) is 75.6 Å². The fourth-order valence-corrected chi connectivity index (χ4v) is 2.27. The minimum Gasteiger partial charge on any atom is -0.507 e. The third-order valence-electron chi connectivity index (χ3n) is 3.28. The first-order chi connectivity index (χ1) is 11.6. The summed E-state index contributed by atoms with van der Waals surface area (Å²) in [6, 6.07) is 13.4. The van der Waals surface area contributed by atoms with E-state index in [-0.39, 0.29) is 36.2 Å². The van der Waals surface area contributed by atoms with Gasteiger partial charge in [-0.3, -0.25) is 9.59 Å². The average Bonchev–Trinajstić information content (AvgIpc) is 2.57. The third-order valence-corrected chi connectivity index (χ3v) is 3.52. The van der Waals surface area contributed by atoms with Crippen LogP contribution in [0.5, 0.6) is 5.75 Å². The summed E-state index contributed by atoms with van der Waals surface area (Å²) in [7, 11) is 0. The molecule has 0 heterocycles. The first-order valence-electron chi connectivity index (χ1n) is 7.52. The Bertz CT molecular complexity index is 718. The van der Waals surface area contributed by atoms with Crippen LogP contribution in [0, 0.1) is 0 Å². The van der Waals surface area contributed by atoms with Gasteiger partial charge in [-0.2, -0.15) is 0 Å². The summed E-state index contributed by atoms with van der Waals surface area (Å²) in [5, 5.41) is 12.8. The first kappa shape index (κ1) is 17.8. The Labute approximate surface area is 145 Å². The molecule has 126 valence electrons. The monoisotopic (exact) mass is 347 g/mol. The molecule has 0 atom stereocenters. The molecule has 0 aliphatic carbocycles. The Hall–Kier alpha value is -2.53. The fourth-order valence-electron chi connectivity index (χ4n) is 2.06. The van der Waals surface area contributed by atoms with E-state index in [4.69, 9.17) is 16.3 Å². The molecule has 0 bridgehead atoms. The van der Waals surface area contributed by atoms with Crippen molar-refractivity contribution in [1.82, 2.24) is 5.32 Å². The van der Waals surface area contributed by atoms with E-state index in [0.717, 1.165) is 5.56 Å². The number of amides is 1. The number of para-hydroxylation sites is 1. The van der Waals surface area contributed by atoms with Crippen molar-refractivity contribution in [3.8, 4) is 5.75 Å². The highest BCUT2D eigenvalue weighted by Crippen LogP contribution is 2.15. The van der Waals surface area contributed by atoms with Gasteiger partial charge in [-0.05, 0) is 36.2 Å². The second-order valence-corrected chi connectivity index (χ2v) is 5.60. The second-order valence-electron chi connectivity index (χ2n) is 5.17. The summed E-state index contributed by atoms with van der Waals surface area (Å²) in [6.45, 7) is 0.489. The summed E-state index contributed by atoms with van der Waals surface area (Å²) in [5.41, 5.74) is 1.03. The summed E-state index contributed by atoms with van der Waals surface area (Å²) >= 11 is 5.86. The Kier molecular flexibility index (Phi) is 6.63. The van der Waals surface area contributed by atoms with Crippen LogP contribution in [-0.4, -0.2) is 23.5 Å². The molecule has 2 aromatic rings. The van der Waals surface area contributed by atoms with Gasteiger partial charge in [-0.15, -0.1) is 0 Å². The van der Waals surface area contributed by atoms with Crippen molar-refractivity contribution in [2.45, 2.75) is 19.4 Å². The number of nitrogens with one attached hydrogen (secondary N) is 1. The van der Waals surface area contributed by atoms with Gasteiger partial charge in [0.15, 0.2) is 0 Å². The number of carbonyl (C=O) groups is 2. The van der Waals surface area contributed by atoms with E-state index in [1.165, 1.54) is 12.1 Å². The van der Waals surface area contributed by atoms with Crippen molar-refractivity contribution in [2.75, 3.05) is 6.54 Å². The normalized spacial score (nSPS) is 10.2. The molecule has 5 nitrogen and oxygen atoms in total. The molecule has 2 aromatic carbocycles. The van der Waals surface area contributed by atoms with Gasteiger partial charge in [-0.25, -0.2) is 0 Å². The maximum atomic E-state index is 11.9. The van der Waals surface area contributed by atoms with Crippen molar-refractivity contribution in [1.29, 1.82) is 0 Å². The summed E-state index contributed by atoms with van der Waals surface area (Å²) in [6.07, 6.45) is 0.648. The molecule has 0 unspecified atom stereocenters. The van der Waals surface area contributed by atoms with Crippen LogP contribution < -0.4 is 5.32 Å². The van der Waals surface area contributed by atoms with Gasteiger partial charge in [0.25, 0.3) is 5.91 Å². The predicted octanol–water partition coefficient (Wildman–Crippen LogP) is 3.30. The lowest BCUT2D eigenvalue weighted by Gasteiger charge is -2.07. The number of esters is 1. The maximum Gasteiger partial charge on any atom is 0.306 e. The average molecular weight is 348 g/mol. The Morgan fingerprint density at radius 3 is 2.67 bits per heavy atom. The van der Waals surface area contributed by atoms with Crippen LogP contribution in [0.1, 0.15) is 28.8 Å². The molecule has 2 rings (SSSR count). The van der Waals surface area contributed by atoms with E-state index in [0.29, 0.717) is 18.0 Å². The molecule has 0 spiro atoms. The number of hydrogen-bond donors (Lipinski definition) is 2. The summed E-state index contributed by atoms with van der Waals surface area (Å²) in [4.78, 5) is 23.5. The zero-order valence-corrected chi connectivity index (χ0v) is 13.8. The van der Waals surface area contributed by atoms with E-state index >= 15 is 0 Å². The highest BCUT2D eigenvalue weighted by atomic mass is 35.5. The van der Waals surface area contributed by atoms with Crippen LogP contribution in [0.25, 0.3) is 0 Å². The Balaban J connectivity index is 1.66. The van der Waals surface area contributed by atoms with Gasteiger partial charge in [-0.1, -0.05) is 35.9 Å². The van der Waals surface area contributed by atoms with E-state index in [9.17, 15) is 14.7 Å². The van der Waals surface area contributed by atoms with Gasteiger partial charge < -0.3 is 15.2 Å². The number of halogens is 1. The largest absolute Gasteiger partial charge is 0.507 e. The summed E-state index contributed by atoms with van der Waals surface area (Å²) < 4.78 is 5.14. The van der Waals surface area contributed by atoms with Crippen LogP contribution in [0.3, 0.4) is 0 Å². The highest BCUT2D eigenvalue weighted by Gasteiger charge is 2.10. The van der Waals surface area contributed by atoms with Crippen molar-refractivity contribution in [3.63, 3.8) is 0 Å². The quantitative estimate of drug-likeness (QED) is 0.595. The molecule has 24 heavy (non-hydrogen) atoms. The molecule has 0 aliphatic heterocycles. The lowest BCUT2D eigenvalue weighted by molar-refractivity contribution is -0.145. The number of hydrogen-bond acceptors (Lipinski definition) is 4. The van der Waals surface area contributed by atoms with E-state index in [2.05, 4.69) is 5.32 Å². The molecule has 0 radical (unpaired) electrons.